The quantitative estimate of drug-likeness (QED) is 0.740. The molecule has 0 aliphatic heterocycles. The molecule has 0 aliphatic rings. The highest BCUT2D eigenvalue weighted by Gasteiger charge is 2.06. The summed E-state index contributed by atoms with van der Waals surface area (Å²) in [6.07, 6.45) is 1.39. The minimum Gasteiger partial charge on any atom is -0.477 e. The highest BCUT2D eigenvalue weighted by Crippen LogP contribution is 2.27. The van der Waals surface area contributed by atoms with Crippen LogP contribution in [-0.2, 0) is 0 Å². The van der Waals surface area contributed by atoms with Crippen LogP contribution < -0.4 is 4.74 Å². The van der Waals surface area contributed by atoms with Crippen LogP contribution in [0.15, 0.2) is 10.9 Å². The third-order valence-electron chi connectivity index (χ3n) is 0.996. The van der Waals surface area contributed by atoms with Crippen molar-refractivity contribution in [1.29, 1.82) is 0 Å². The van der Waals surface area contributed by atoms with E-state index in [1.54, 1.807) is 0 Å². The Kier molecular flexibility index (Phi) is 3.08. The monoisotopic (exact) mass is 236 g/mol. The molecule has 0 N–H and O–H groups in total. The molecule has 1 aromatic rings. The molecule has 1 heterocycles. The van der Waals surface area contributed by atoms with Crippen molar-refractivity contribution < 1.29 is 4.74 Å². The molecule has 0 saturated carbocycles. The Morgan fingerprint density at radius 2 is 2.36 bits per heavy atom. The Labute approximate surface area is 77.9 Å². The van der Waals surface area contributed by atoms with Crippen LogP contribution in [0, 0.1) is 0 Å². The van der Waals surface area contributed by atoms with Crippen LogP contribution in [0.25, 0.3) is 0 Å². The average Bonchev–Trinajstić information content (AvgIpc) is 1.99. The van der Waals surface area contributed by atoms with Crippen LogP contribution >= 0.6 is 27.5 Å². The molecule has 0 unspecified atom stereocenters. The molecule has 0 saturated heterocycles. The van der Waals surface area contributed by atoms with E-state index in [9.17, 15) is 0 Å². The molecule has 0 aromatic carbocycles. The molecule has 3 nitrogen and oxygen atoms in total. The molecule has 5 heteroatoms. The average molecular weight is 237 g/mol. The Bertz CT molecular complexity index is 256. The van der Waals surface area contributed by atoms with Gasteiger partial charge in [0.15, 0.2) is 0 Å². The van der Waals surface area contributed by atoms with Gasteiger partial charge in [0.1, 0.15) is 16.0 Å². The molecule has 60 valence electrons. The van der Waals surface area contributed by atoms with Crippen molar-refractivity contribution in [3.8, 4) is 5.88 Å². The molecule has 0 atom stereocenters. The number of nitrogens with zero attached hydrogens (tertiary/aromatic N) is 2. The fourth-order valence-electron chi connectivity index (χ4n) is 0.571. The summed E-state index contributed by atoms with van der Waals surface area (Å²) < 4.78 is 5.66. The molecular weight excluding hydrogens is 231 g/mol. The summed E-state index contributed by atoms with van der Waals surface area (Å²) >= 11 is 8.93. The zero-order chi connectivity index (χ0) is 8.27. The van der Waals surface area contributed by atoms with E-state index in [4.69, 9.17) is 16.3 Å². The summed E-state index contributed by atoms with van der Waals surface area (Å²) in [4.78, 5) is 7.65. The molecule has 0 fully saturated rings. The smallest absolute Gasteiger partial charge is 0.236 e. The maximum atomic E-state index is 5.78. The lowest BCUT2D eigenvalue weighted by Crippen LogP contribution is -1.96. The first-order valence-electron chi connectivity index (χ1n) is 3.04. The zero-order valence-corrected chi connectivity index (χ0v) is 8.18. The van der Waals surface area contributed by atoms with Gasteiger partial charge in [-0.05, 0) is 22.9 Å². The number of rotatable bonds is 2. The molecule has 0 aliphatic carbocycles. The van der Waals surface area contributed by atoms with Crippen molar-refractivity contribution in [3.05, 3.63) is 16.0 Å². The Morgan fingerprint density at radius 1 is 1.64 bits per heavy atom. The van der Waals surface area contributed by atoms with Gasteiger partial charge in [0, 0.05) is 0 Å². The number of halogens is 2. The van der Waals surface area contributed by atoms with Gasteiger partial charge in [-0.2, -0.15) is 0 Å². The standard InChI is InChI=1S/C6H6BrClN2O/c1-2-11-6-4(8)5(7)9-3-10-6/h3H,2H2,1H3. The molecule has 0 spiro atoms. The van der Waals surface area contributed by atoms with Gasteiger partial charge in [0.25, 0.3) is 0 Å². The largest absolute Gasteiger partial charge is 0.477 e. The molecule has 0 amide bonds. The lowest BCUT2D eigenvalue weighted by atomic mass is 10.6. The van der Waals surface area contributed by atoms with Crippen LogP contribution in [0.4, 0.5) is 0 Å². The second-order valence-corrected chi connectivity index (χ2v) is 2.85. The van der Waals surface area contributed by atoms with E-state index in [0.29, 0.717) is 22.1 Å². The van der Waals surface area contributed by atoms with Crippen LogP contribution in [-0.4, -0.2) is 16.6 Å². The third-order valence-corrected chi connectivity index (χ3v) is 2.17. The van der Waals surface area contributed by atoms with Gasteiger partial charge in [-0.3, -0.25) is 0 Å². The molecule has 1 aromatic heterocycles. The van der Waals surface area contributed by atoms with Gasteiger partial charge < -0.3 is 4.74 Å². The summed E-state index contributed by atoms with van der Waals surface area (Å²) in [5.41, 5.74) is 0. The Balaban J connectivity index is 2.96. The molecule has 0 radical (unpaired) electrons. The number of hydrogen-bond acceptors (Lipinski definition) is 3. The van der Waals surface area contributed by atoms with Crippen LogP contribution in [0.1, 0.15) is 6.92 Å². The van der Waals surface area contributed by atoms with Crippen molar-refractivity contribution in [2.24, 2.45) is 0 Å². The maximum Gasteiger partial charge on any atom is 0.236 e. The van der Waals surface area contributed by atoms with E-state index in [-0.39, 0.29) is 0 Å². The van der Waals surface area contributed by atoms with Crippen molar-refractivity contribution in [1.82, 2.24) is 9.97 Å². The number of hydrogen-bond donors (Lipinski definition) is 0. The van der Waals surface area contributed by atoms with Crippen molar-refractivity contribution in [3.63, 3.8) is 0 Å². The fourth-order valence-corrected chi connectivity index (χ4v) is 0.984. The molecular formula is C6H6BrClN2O. The summed E-state index contributed by atoms with van der Waals surface area (Å²) in [5.74, 6) is 0.413. The second-order valence-electron chi connectivity index (χ2n) is 1.72. The minimum absolute atomic E-state index is 0.411. The summed E-state index contributed by atoms with van der Waals surface area (Å²) in [6, 6.07) is 0. The third kappa shape index (κ3) is 2.04. The number of ether oxygens (including phenoxy) is 1. The van der Waals surface area contributed by atoms with Gasteiger partial charge in [-0.1, -0.05) is 11.6 Å². The lowest BCUT2D eigenvalue weighted by Gasteiger charge is -2.02. The van der Waals surface area contributed by atoms with E-state index in [1.165, 1.54) is 6.33 Å². The van der Waals surface area contributed by atoms with E-state index < -0.39 is 0 Å². The first-order valence-corrected chi connectivity index (χ1v) is 4.21. The second kappa shape index (κ2) is 3.88. The van der Waals surface area contributed by atoms with E-state index >= 15 is 0 Å². The van der Waals surface area contributed by atoms with Crippen molar-refractivity contribution in [2.45, 2.75) is 6.92 Å². The minimum atomic E-state index is 0.411. The van der Waals surface area contributed by atoms with Gasteiger partial charge in [-0.15, -0.1) is 0 Å². The highest BCUT2D eigenvalue weighted by molar-refractivity contribution is 9.10. The van der Waals surface area contributed by atoms with E-state index in [2.05, 4.69) is 25.9 Å². The van der Waals surface area contributed by atoms with Gasteiger partial charge >= 0.3 is 0 Å². The van der Waals surface area contributed by atoms with Crippen molar-refractivity contribution in [2.75, 3.05) is 6.61 Å². The first-order chi connectivity index (χ1) is 5.25. The van der Waals surface area contributed by atoms with Crippen molar-refractivity contribution >= 4 is 27.5 Å². The molecule has 1 rings (SSSR count). The fraction of sp³-hybridized carbons (Fsp3) is 0.333. The van der Waals surface area contributed by atoms with Crippen LogP contribution in [0.5, 0.6) is 5.88 Å². The topological polar surface area (TPSA) is 35.0 Å². The molecule has 11 heavy (non-hydrogen) atoms. The highest BCUT2D eigenvalue weighted by atomic mass is 79.9. The lowest BCUT2D eigenvalue weighted by molar-refractivity contribution is 0.326. The molecule has 0 bridgehead atoms. The maximum absolute atomic E-state index is 5.78. The number of aromatic nitrogens is 2. The Morgan fingerprint density at radius 3 is 3.00 bits per heavy atom. The summed E-state index contributed by atoms with van der Waals surface area (Å²) in [7, 11) is 0. The van der Waals surface area contributed by atoms with Crippen LogP contribution in [0.2, 0.25) is 5.02 Å². The van der Waals surface area contributed by atoms with E-state index in [1.807, 2.05) is 6.92 Å². The van der Waals surface area contributed by atoms with Gasteiger partial charge in [0.05, 0.1) is 6.61 Å². The normalized spacial score (nSPS) is 9.73. The summed E-state index contributed by atoms with van der Waals surface area (Å²) in [5, 5.41) is 0.411. The predicted molar refractivity (Wildman–Crippen MR) is 45.9 cm³/mol. The van der Waals surface area contributed by atoms with E-state index in [0.717, 1.165) is 0 Å². The zero-order valence-electron chi connectivity index (χ0n) is 5.84. The van der Waals surface area contributed by atoms with Crippen LogP contribution in [0.3, 0.4) is 0 Å². The first kappa shape index (κ1) is 8.74. The SMILES string of the molecule is CCOc1ncnc(Br)c1Cl. The Hall–Kier alpha value is -0.350. The summed E-state index contributed by atoms with van der Waals surface area (Å²) in [6.45, 7) is 2.41. The van der Waals surface area contributed by atoms with Gasteiger partial charge in [-0.25, -0.2) is 9.97 Å². The predicted octanol–water partition coefficient (Wildman–Crippen LogP) is 2.29. The van der Waals surface area contributed by atoms with Gasteiger partial charge in [0.2, 0.25) is 5.88 Å².